The first-order valence-corrected chi connectivity index (χ1v) is 9.34. The van der Waals surface area contributed by atoms with Gasteiger partial charge in [0.25, 0.3) is 0 Å². The quantitative estimate of drug-likeness (QED) is 0.825. The van der Waals surface area contributed by atoms with Gasteiger partial charge in [-0.1, -0.05) is 26.0 Å². The van der Waals surface area contributed by atoms with E-state index in [4.69, 9.17) is 4.74 Å². The Kier molecular flexibility index (Phi) is 6.37. The Morgan fingerprint density at radius 1 is 1.18 bits per heavy atom. The third-order valence-corrected chi connectivity index (χ3v) is 5.18. The summed E-state index contributed by atoms with van der Waals surface area (Å²) < 4.78 is 32.5. The molecule has 22 heavy (non-hydrogen) atoms. The van der Waals surface area contributed by atoms with Crippen molar-refractivity contribution in [3.63, 3.8) is 0 Å². The smallest absolute Gasteiger partial charge is 0.240 e. The van der Waals surface area contributed by atoms with Crippen molar-refractivity contribution in [3.05, 3.63) is 29.8 Å². The number of rotatable bonds is 7. The second-order valence-electron chi connectivity index (χ2n) is 6.09. The number of nitrogens with one attached hydrogen (secondary N) is 1. The highest BCUT2D eigenvalue weighted by Gasteiger charge is 2.15. The van der Waals surface area contributed by atoms with Crippen LogP contribution in [0.1, 0.15) is 19.4 Å². The Bertz CT molecular complexity index is 549. The maximum Gasteiger partial charge on any atom is 0.240 e. The average Bonchev–Trinajstić information content (AvgIpc) is 2.48. The number of ether oxygens (including phenoxy) is 1. The molecule has 124 valence electrons. The predicted octanol–water partition coefficient (Wildman–Crippen LogP) is 1.50. The Labute approximate surface area is 133 Å². The van der Waals surface area contributed by atoms with Crippen LogP contribution >= 0.6 is 0 Å². The van der Waals surface area contributed by atoms with Gasteiger partial charge in [-0.3, -0.25) is 4.90 Å². The molecule has 1 heterocycles. The van der Waals surface area contributed by atoms with Crippen molar-refractivity contribution in [3.8, 4) is 0 Å². The lowest BCUT2D eigenvalue weighted by Crippen LogP contribution is -2.41. The first-order valence-electron chi connectivity index (χ1n) is 7.86. The van der Waals surface area contributed by atoms with E-state index in [0.717, 1.165) is 32.7 Å². The van der Waals surface area contributed by atoms with Crippen molar-refractivity contribution in [2.24, 2.45) is 5.92 Å². The van der Waals surface area contributed by atoms with Crippen LogP contribution in [0.4, 0.5) is 0 Å². The predicted molar refractivity (Wildman–Crippen MR) is 87.4 cm³/mol. The van der Waals surface area contributed by atoms with Gasteiger partial charge in [0.15, 0.2) is 0 Å². The number of morpholine rings is 1. The maximum atomic E-state index is 12.3. The summed E-state index contributed by atoms with van der Waals surface area (Å²) in [5, 5.41) is 0. The molecule has 1 saturated heterocycles. The molecule has 0 unspecified atom stereocenters. The van der Waals surface area contributed by atoms with Crippen LogP contribution in [-0.2, 0) is 21.2 Å². The standard InChI is InChI=1S/C16H26N2O3S/c1-14(2)13-15-3-5-16(6-4-15)22(19,20)17-7-8-18-9-11-21-12-10-18/h3-6,14,17H,7-13H2,1-2H3. The van der Waals surface area contributed by atoms with Crippen LogP contribution in [0.2, 0.25) is 0 Å². The largest absolute Gasteiger partial charge is 0.379 e. The summed E-state index contributed by atoms with van der Waals surface area (Å²) >= 11 is 0. The van der Waals surface area contributed by atoms with E-state index >= 15 is 0 Å². The van der Waals surface area contributed by atoms with Gasteiger partial charge < -0.3 is 4.74 Å². The van der Waals surface area contributed by atoms with Crippen LogP contribution in [-0.4, -0.2) is 52.7 Å². The fourth-order valence-electron chi connectivity index (χ4n) is 2.52. The van der Waals surface area contributed by atoms with E-state index in [2.05, 4.69) is 23.5 Å². The Morgan fingerprint density at radius 2 is 1.82 bits per heavy atom. The fourth-order valence-corrected chi connectivity index (χ4v) is 3.54. The maximum absolute atomic E-state index is 12.3. The molecule has 0 saturated carbocycles. The third kappa shape index (κ3) is 5.35. The monoisotopic (exact) mass is 326 g/mol. The molecular formula is C16H26N2O3S. The summed E-state index contributed by atoms with van der Waals surface area (Å²) in [4.78, 5) is 2.54. The van der Waals surface area contributed by atoms with Gasteiger partial charge in [-0.2, -0.15) is 0 Å². The lowest BCUT2D eigenvalue weighted by molar-refractivity contribution is 0.0390. The molecule has 1 aliphatic rings. The van der Waals surface area contributed by atoms with Gasteiger partial charge in [-0.05, 0) is 30.0 Å². The minimum atomic E-state index is -3.41. The van der Waals surface area contributed by atoms with E-state index in [9.17, 15) is 8.42 Å². The summed E-state index contributed by atoms with van der Waals surface area (Å²) in [6, 6.07) is 7.18. The van der Waals surface area contributed by atoms with Gasteiger partial charge in [0.05, 0.1) is 18.1 Å². The molecule has 0 aromatic heterocycles. The second kappa shape index (κ2) is 8.06. The van der Waals surface area contributed by atoms with Crippen molar-refractivity contribution < 1.29 is 13.2 Å². The highest BCUT2D eigenvalue weighted by Crippen LogP contribution is 2.13. The number of benzene rings is 1. The van der Waals surface area contributed by atoms with Crippen LogP contribution in [0, 0.1) is 5.92 Å². The van der Waals surface area contributed by atoms with Crippen molar-refractivity contribution >= 4 is 10.0 Å². The molecule has 5 nitrogen and oxygen atoms in total. The summed E-state index contributed by atoms with van der Waals surface area (Å²) in [6.07, 6.45) is 0.963. The fraction of sp³-hybridized carbons (Fsp3) is 0.625. The van der Waals surface area contributed by atoms with Gasteiger partial charge in [0.2, 0.25) is 10.0 Å². The number of sulfonamides is 1. The van der Waals surface area contributed by atoms with Crippen molar-refractivity contribution in [1.82, 2.24) is 9.62 Å². The van der Waals surface area contributed by atoms with Crippen LogP contribution < -0.4 is 4.72 Å². The number of hydrogen-bond donors (Lipinski definition) is 1. The molecule has 0 atom stereocenters. The van der Waals surface area contributed by atoms with Gasteiger partial charge >= 0.3 is 0 Å². The lowest BCUT2D eigenvalue weighted by Gasteiger charge is -2.26. The second-order valence-corrected chi connectivity index (χ2v) is 7.86. The molecule has 0 aliphatic carbocycles. The molecule has 1 fully saturated rings. The van der Waals surface area contributed by atoms with E-state index in [1.54, 1.807) is 12.1 Å². The SMILES string of the molecule is CC(C)Cc1ccc(S(=O)(=O)NCCN2CCOCC2)cc1. The minimum Gasteiger partial charge on any atom is -0.379 e. The van der Waals surface area contributed by atoms with Crippen molar-refractivity contribution in [2.75, 3.05) is 39.4 Å². The number of nitrogens with zero attached hydrogens (tertiary/aromatic N) is 1. The zero-order valence-electron chi connectivity index (χ0n) is 13.4. The molecule has 1 aromatic carbocycles. The van der Waals surface area contributed by atoms with E-state index < -0.39 is 10.0 Å². The van der Waals surface area contributed by atoms with Crippen LogP contribution in [0.15, 0.2) is 29.2 Å². The Balaban J connectivity index is 1.86. The van der Waals surface area contributed by atoms with Crippen LogP contribution in [0.5, 0.6) is 0 Å². The summed E-state index contributed by atoms with van der Waals surface area (Å²) in [7, 11) is -3.41. The first-order chi connectivity index (χ1) is 10.5. The molecule has 1 aliphatic heterocycles. The molecule has 1 N–H and O–H groups in total. The molecule has 0 amide bonds. The highest BCUT2D eigenvalue weighted by molar-refractivity contribution is 7.89. The molecule has 6 heteroatoms. The van der Waals surface area contributed by atoms with Gasteiger partial charge in [0.1, 0.15) is 0 Å². The highest BCUT2D eigenvalue weighted by atomic mass is 32.2. The van der Waals surface area contributed by atoms with Crippen molar-refractivity contribution in [2.45, 2.75) is 25.2 Å². The average molecular weight is 326 g/mol. The lowest BCUT2D eigenvalue weighted by atomic mass is 10.0. The van der Waals surface area contributed by atoms with Crippen LogP contribution in [0.25, 0.3) is 0 Å². The molecule has 2 rings (SSSR count). The van der Waals surface area contributed by atoms with E-state index in [1.807, 2.05) is 12.1 Å². The molecule has 0 radical (unpaired) electrons. The van der Waals surface area contributed by atoms with E-state index in [1.165, 1.54) is 5.56 Å². The van der Waals surface area contributed by atoms with E-state index in [0.29, 0.717) is 23.9 Å². The third-order valence-electron chi connectivity index (χ3n) is 3.70. The first kappa shape index (κ1) is 17.4. The number of hydrogen-bond acceptors (Lipinski definition) is 4. The summed E-state index contributed by atoms with van der Waals surface area (Å²) in [5.74, 6) is 0.564. The summed E-state index contributed by atoms with van der Waals surface area (Å²) in [6.45, 7) is 8.63. The van der Waals surface area contributed by atoms with Crippen LogP contribution in [0.3, 0.4) is 0 Å². The topological polar surface area (TPSA) is 58.6 Å². The Hall–Kier alpha value is -0.950. The normalized spacial score (nSPS) is 17.0. The van der Waals surface area contributed by atoms with Gasteiger partial charge in [0, 0.05) is 26.2 Å². The molecule has 1 aromatic rings. The summed E-state index contributed by atoms with van der Waals surface area (Å²) in [5.41, 5.74) is 1.17. The zero-order valence-corrected chi connectivity index (χ0v) is 14.2. The molecule has 0 spiro atoms. The molecule has 0 bridgehead atoms. The van der Waals surface area contributed by atoms with Crippen molar-refractivity contribution in [1.29, 1.82) is 0 Å². The van der Waals surface area contributed by atoms with Gasteiger partial charge in [-0.15, -0.1) is 0 Å². The van der Waals surface area contributed by atoms with Gasteiger partial charge in [-0.25, -0.2) is 13.1 Å². The molecular weight excluding hydrogens is 300 g/mol. The zero-order chi connectivity index (χ0) is 16.0. The minimum absolute atomic E-state index is 0.335. The Morgan fingerprint density at radius 3 is 2.41 bits per heavy atom. The van der Waals surface area contributed by atoms with E-state index in [-0.39, 0.29) is 0 Å².